The Balaban J connectivity index is 1.55. The number of esters is 1. The number of rotatable bonds is 10. The number of piperidine rings is 1. The van der Waals surface area contributed by atoms with Crippen molar-refractivity contribution in [2.24, 2.45) is 0 Å². The number of aromatic nitrogens is 1. The van der Waals surface area contributed by atoms with Crippen molar-refractivity contribution >= 4 is 22.6 Å². The first kappa shape index (κ1) is 24.7. The molecular weight excluding hydrogens is 446 g/mol. The summed E-state index contributed by atoms with van der Waals surface area (Å²) in [6.45, 7) is 8.49. The lowest BCUT2D eigenvalue weighted by atomic mass is 10.1. The van der Waals surface area contributed by atoms with Crippen molar-refractivity contribution in [3.8, 4) is 5.75 Å². The van der Waals surface area contributed by atoms with E-state index in [-0.39, 0.29) is 11.7 Å². The van der Waals surface area contributed by atoms with Crippen LogP contribution in [-0.4, -0.2) is 53.2 Å². The van der Waals surface area contributed by atoms with Crippen LogP contribution in [0.15, 0.2) is 42.5 Å². The molecule has 1 saturated heterocycles. The lowest BCUT2D eigenvalue weighted by Crippen LogP contribution is -2.31. The van der Waals surface area contributed by atoms with Gasteiger partial charge < -0.3 is 18.9 Å². The fourth-order valence-electron chi connectivity index (χ4n) is 4.78. The third-order valence-electron chi connectivity index (χ3n) is 6.60. The molecule has 0 atom stereocenters. The molecular formula is C27H33N3O5. The zero-order chi connectivity index (χ0) is 24.8. The first-order valence-corrected chi connectivity index (χ1v) is 12.4. The second-order valence-electron chi connectivity index (χ2n) is 8.97. The van der Waals surface area contributed by atoms with Crippen LogP contribution in [0.4, 0.5) is 5.69 Å². The molecule has 0 spiro atoms. The molecule has 8 heteroatoms. The minimum absolute atomic E-state index is 0.0529. The van der Waals surface area contributed by atoms with Gasteiger partial charge in [0.1, 0.15) is 5.75 Å². The highest BCUT2D eigenvalue weighted by atomic mass is 16.6. The second kappa shape index (κ2) is 11.4. The largest absolute Gasteiger partial charge is 0.494 e. The third kappa shape index (κ3) is 5.82. The molecule has 2 heterocycles. The Bertz CT molecular complexity index is 1180. The average Bonchev–Trinajstić information content (AvgIpc) is 3.13. The van der Waals surface area contributed by atoms with E-state index in [0.717, 1.165) is 40.9 Å². The number of hydrogen-bond donors (Lipinski definition) is 0. The maximum absolute atomic E-state index is 12.9. The SMILES string of the molecule is CCOC(=O)c1c(C)n(Cc2ccc([N+](=O)[O-])cc2)c2ccc(OCCCN3CCCCC3)cc12. The summed E-state index contributed by atoms with van der Waals surface area (Å²) in [6, 6.07) is 12.3. The van der Waals surface area contributed by atoms with E-state index >= 15 is 0 Å². The highest BCUT2D eigenvalue weighted by Crippen LogP contribution is 2.31. The van der Waals surface area contributed by atoms with Gasteiger partial charge in [0, 0.05) is 41.8 Å². The van der Waals surface area contributed by atoms with Crippen LogP contribution < -0.4 is 4.74 Å². The average molecular weight is 480 g/mol. The molecule has 0 bridgehead atoms. The van der Waals surface area contributed by atoms with Gasteiger partial charge in [0.25, 0.3) is 5.69 Å². The first-order valence-electron chi connectivity index (χ1n) is 12.4. The monoisotopic (exact) mass is 479 g/mol. The number of carbonyl (C=O) groups excluding carboxylic acids is 1. The van der Waals surface area contributed by atoms with Gasteiger partial charge in [0.2, 0.25) is 0 Å². The quantitative estimate of drug-likeness (QED) is 0.169. The minimum atomic E-state index is -0.410. The van der Waals surface area contributed by atoms with Gasteiger partial charge in [-0.2, -0.15) is 0 Å². The van der Waals surface area contributed by atoms with Crippen LogP contribution in [0, 0.1) is 17.0 Å². The number of non-ortho nitro benzene ring substituents is 1. The number of nitrogens with zero attached hydrogens (tertiary/aromatic N) is 3. The zero-order valence-corrected chi connectivity index (χ0v) is 20.5. The molecule has 35 heavy (non-hydrogen) atoms. The topological polar surface area (TPSA) is 86.8 Å². The number of nitro groups is 1. The van der Waals surface area contributed by atoms with E-state index in [4.69, 9.17) is 9.47 Å². The van der Waals surface area contributed by atoms with E-state index in [1.165, 1.54) is 44.5 Å². The van der Waals surface area contributed by atoms with Gasteiger partial charge in [-0.15, -0.1) is 0 Å². The molecule has 3 aromatic rings. The number of hydrogen-bond acceptors (Lipinski definition) is 6. The summed E-state index contributed by atoms with van der Waals surface area (Å²) in [5, 5.41) is 11.8. The molecule has 186 valence electrons. The molecule has 1 fully saturated rings. The first-order chi connectivity index (χ1) is 17.0. The van der Waals surface area contributed by atoms with Crippen LogP contribution in [0.25, 0.3) is 10.9 Å². The van der Waals surface area contributed by atoms with Crippen molar-refractivity contribution < 1.29 is 19.2 Å². The maximum Gasteiger partial charge on any atom is 0.340 e. The summed E-state index contributed by atoms with van der Waals surface area (Å²) in [7, 11) is 0. The van der Waals surface area contributed by atoms with Crippen LogP contribution in [0.5, 0.6) is 5.75 Å². The van der Waals surface area contributed by atoms with Crippen LogP contribution in [0.2, 0.25) is 0 Å². The van der Waals surface area contributed by atoms with Crippen molar-refractivity contribution in [3.05, 3.63) is 69.4 Å². The normalized spacial score (nSPS) is 14.2. The van der Waals surface area contributed by atoms with Gasteiger partial charge in [0.15, 0.2) is 0 Å². The summed E-state index contributed by atoms with van der Waals surface area (Å²) in [6.07, 6.45) is 4.86. The van der Waals surface area contributed by atoms with Crippen LogP contribution in [0.1, 0.15) is 54.2 Å². The van der Waals surface area contributed by atoms with E-state index in [1.807, 2.05) is 29.7 Å². The standard InChI is InChI=1S/C27H33N3O5/c1-3-34-27(31)26-20(2)29(19-21-8-10-22(11-9-21)30(32)33)25-13-12-23(18-24(25)26)35-17-7-16-28-14-5-4-6-15-28/h8-13,18H,3-7,14-17,19H2,1-2H3. The molecule has 0 amide bonds. The number of nitro benzene ring substituents is 1. The lowest BCUT2D eigenvalue weighted by Gasteiger charge is -2.26. The highest BCUT2D eigenvalue weighted by molar-refractivity contribution is 6.06. The number of ether oxygens (including phenoxy) is 2. The van der Waals surface area contributed by atoms with Crippen LogP contribution in [0.3, 0.4) is 0 Å². The fourth-order valence-corrected chi connectivity index (χ4v) is 4.78. The van der Waals surface area contributed by atoms with Gasteiger partial charge in [0.05, 0.1) is 23.7 Å². The third-order valence-corrected chi connectivity index (χ3v) is 6.60. The minimum Gasteiger partial charge on any atom is -0.494 e. The van der Waals surface area contributed by atoms with Crippen molar-refractivity contribution in [1.29, 1.82) is 0 Å². The van der Waals surface area contributed by atoms with Gasteiger partial charge in [-0.05, 0) is 70.0 Å². The Morgan fingerprint density at radius 3 is 2.51 bits per heavy atom. The molecule has 1 aliphatic rings. The summed E-state index contributed by atoms with van der Waals surface area (Å²) in [4.78, 5) is 25.9. The summed E-state index contributed by atoms with van der Waals surface area (Å²) in [5.74, 6) is 0.369. The Morgan fingerprint density at radius 1 is 1.09 bits per heavy atom. The predicted octanol–water partition coefficient (Wildman–Crippen LogP) is 5.34. The predicted molar refractivity (Wildman–Crippen MR) is 135 cm³/mol. The van der Waals surface area contributed by atoms with E-state index in [9.17, 15) is 14.9 Å². The maximum atomic E-state index is 12.9. The highest BCUT2D eigenvalue weighted by Gasteiger charge is 2.22. The van der Waals surface area contributed by atoms with Crippen molar-refractivity contribution in [2.75, 3.05) is 32.8 Å². The molecule has 8 nitrogen and oxygen atoms in total. The van der Waals surface area contributed by atoms with E-state index in [2.05, 4.69) is 4.90 Å². The Kier molecular flexibility index (Phi) is 8.02. The van der Waals surface area contributed by atoms with E-state index in [1.54, 1.807) is 19.1 Å². The van der Waals surface area contributed by atoms with Crippen LogP contribution >= 0.6 is 0 Å². The number of likely N-dealkylation sites (tertiary alicyclic amines) is 1. The van der Waals surface area contributed by atoms with Gasteiger partial charge in [-0.25, -0.2) is 4.79 Å². The zero-order valence-electron chi connectivity index (χ0n) is 20.5. The number of fused-ring (bicyclic) bond motifs is 1. The number of carbonyl (C=O) groups is 1. The van der Waals surface area contributed by atoms with E-state index in [0.29, 0.717) is 25.3 Å². The second-order valence-corrected chi connectivity index (χ2v) is 8.97. The molecule has 0 radical (unpaired) electrons. The number of benzene rings is 2. The molecule has 4 rings (SSSR count). The van der Waals surface area contributed by atoms with Gasteiger partial charge in [-0.1, -0.05) is 18.6 Å². The van der Waals surface area contributed by atoms with Crippen molar-refractivity contribution in [3.63, 3.8) is 0 Å². The summed E-state index contributed by atoms with van der Waals surface area (Å²) >= 11 is 0. The fraction of sp³-hybridized carbons (Fsp3) is 0.444. The molecule has 1 aliphatic heterocycles. The lowest BCUT2D eigenvalue weighted by molar-refractivity contribution is -0.384. The molecule has 0 aliphatic carbocycles. The Labute approximate surface area is 205 Å². The van der Waals surface area contributed by atoms with Gasteiger partial charge in [-0.3, -0.25) is 10.1 Å². The Morgan fingerprint density at radius 2 is 1.83 bits per heavy atom. The summed E-state index contributed by atoms with van der Waals surface area (Å²) < 4.78 is 13.5. The molecule has 2 aromatic carbocycles. The van der Waals surface area contributed by atoms with Crippen molar-refractivity contribution in [1.82, 2.24) is 9.47 Å². The smallest absolute Gasteiger partial charge is 0.340 e. The molecule has 0 saturated carbocycles. The molecule has 0 N–H and O–H groups in total. The van der Waals surface area contributed by atoms with Crippen molar-refractivity contribution in [2.45, 2.75) is 46.1 Å². The van der Waals surface area contributed by atoms with Crippen LogP contribution in [-0.2, 0) is 11.3 Å². The molecule has 0 unspecified atom stereocenters. The Hall–Kier alpha value is -3.39. The van der Waals surface area contributed by atoms with E-state index < -0.39 is 4.92 Å². The summed E-state index contributed by atoms with van der Waals surface area (Å²) in [5.41, 5.74) is 3.17. The van der Waals surface area contributed by atoms with Gasteiger partial charge >= 0.3 is 5.97 Å². The molecule has 1 aromatic heterocycles.